The number of carbonyl (C=O) groups excluding carboxylic acids is 2. The van der Waals surface area contributed by atoms with Gasteiger partial charge < -0.3 is 14.8 Å². The first-order valence-electron chi connectivity index (χ1n) is 6.98. The van der Waals surface area contributed by atoms with Crippen LogP contribution in [-0.2, 0) is 14.3 Å². The molecule has 1 aromatic rings. The van der Waals surface area contributed by atoms with Gasteiger partial charge in [-0.3, -0.25) is 4.79 Å². The summed E-state index contributed by atoms with van der Waals surface area (Å²) in [6, 6.07) is 0. The molecular weight excluding hydrogens is 274 g/mol. The number of carbonyl (C=O) groups is 2. The third-order valence-electron chi connectivity index (χ3n) is 2.62. The second-order valence-corrected chi connectivity index (χ2v) is 4.25. The van der Waals surface area contributed by atoms with Crippen LogP contribution >= 0.6 is 0 Å². The lowest BCUT2D eigenvalue weighted by atomic mass is 10.2. The number of nitrogens with zero attached hydrogens (tertiary/aromatic N) is 2. The normalized spacial score (nSPS) is 10.0. The van der Waals surface area contributed by atoms with Gasteiger partial charge in [-0.25, -0.2) is 14.8 Å². The van der Waals surface area contributed by atoms with Crippen molar-refractivity contribution in [2.45, 2.75) is 33.6 Å². The van der Waals surface area contributed by atoms with Crippen LogP contribution < -0.4 is 5.32 Å². The van der Waals surface area contributed by atoms with Gasteiger partial charge in [-0.2, -0.15) is 0 Å². The fourth-order valence-corrected chi connectivity index (χ4v) is 1.63. The molecule has 1 heterocycles. The van der Waals surface area contributed by atoms with E-state index in [0.29, 0.717) is 49.8 Å². The molecule has 21 heavy (non-hydrogen) atoms. The second-order valence-electron chi connectivity index (χ2n) is 4.25. The largest absolute Gasteiger partial charge is 0.466 e. The fourth-order valence-electron chi connectivity index (χ4n) is 1.63. The summed E-state index contributed by atoms with van der Waals surface area (Å²) in [5.74, 6) is -0.220. The molecule has 0 spiro atoms. The number of esters is 2. The number of rotatable bonds is 8. The molecule has 0 bridgehead atoms. The van der Waals surface area contributed by atoms with E-state index >= 15 is 0 Å². The molecule has 1 aromatic heterocycles. The molecule has 1 N–H and O–H groups in total. The van der Waals surface area contributed by atoms with Crippen LogP contribution in [0.5, 0.6) is 0 Å². The second kappa shape index (κ2) is 8.89. The quantitative estimate of drug-likeness (QED) is 0.576. The first-order chi connectivity index (χ1) is 10.1. The molecule has 0 saturated heterocycles. The van der Waals surface area contributed by atoms with E-state index in [1.54, 1.807) is 20.8 Å². The maximum absolute atomic E-state index is 11.6. The molecule has 0 amide bonds. The Morgan fingerprint density at radius 1 is 1.24 bits per heavy atom. The van der Waals surface area contributed by atoms with Gasteiger partial charge in [-0.05, 0) is 27.2 Å². The van der Waals surface area contributed by atoms with Crippen molar-refractivity contribution in [1.29, 1.82) is 0 Å². The minimum atomic E-state index is -0.427. The van der Waals surface area contributed by atoms with Crippen molar-refractivity contribution in [2.75, 3.05) is 25.1 Å². The van der Waals surface area contributed by atoms with Crippen LogP contribution in [0, 0.1) is 6.92 Å². The minimum Gasteiger partial charge on any atom is -0.466 e. The average Bonchev–Trinajstić information content (AvgIpc) is 2.44. The van der Waals surface area contributed by atoms with Crippen LogP contribution in [0.1, 0.15) is 42.7 Å². The Kier molecular flexibility index (Phi) is 7.14. The topological polar surface area (TPSA) is 90.4 Å². The lowest BCUT2D eigenvalue weighted by Gasteiger charge is -2.08. The number of anilines is 1. The summed E-state index contributed by atoms with van der Waals surface area (Å²) in [5.41, 5.74) is 0.908. The summed E-state index contributed by atoms with van der Waals surface area (Å²) in [6.45, 7) is 6.50. The Balaban J connectivity index is 2.45. The number of hydrogen-bond acceptors (Lipinski definition) is 7. The predicted octanol–water partition coefficient (Wildman–Crippen LogP) is 1.72. The van der Waals surface area contributed by atoms with Crippen LogP contribution in [0.15, 0.2) is 6.20 Å². The fraction of sp³-hybridized carbons (Fsp3) is 0.571. The molecule has 0 saturated carbocycles. The highest BCUT2D eigenvalue weighted by Crippen LogP contribution is 2.09. The smallest absolute Gasteiger partial charge is 0.341 e. The molecule has 7 heteroatoms. The zero-order valence-electron chi connectivity index (χ0n) is 12.6. The number of ether oxygens (including phenoxy) is 2. The Morgan fingerprint density at radius 2 is 1.95 bits per heavy atom. The van der Waals surface area contributed by atoms with Gasteiger partial charge >= 0.3 is 11.9 Å². The van der Waals surface area contributed by atoms with Crippen molar-refractivity contribution >= 4 is 17.9 Å². The van der Waals surface area contributed by atoms with E-state index < -0.39 is 5.97 Å². The molecule has 0 aliphatic heterocycles. The first kappa shape index (κ1) is 16.9. The zero-order chi connectivity index (χ0) is 15.7. The monoisotopic (exact) mass is 295 g/mol. The standard InChI is InChI=1S/C14H21N3O4/c1-4-20-12(18)7-6-8-15-14-16-9-11(10(3)17-14)13(19)21-5-2/h9H,4-8H2,1-3H3,(H,15,16,17). The molecule has 0 radical (unpaired) electrons. The lowest BCUT2D eigenvalue weighted by molar-refractivity contribution is -0.143. The van der Waals surface area contributed by atoms with Gasteiger partial charge in [-0.1, -0.05) is 0 Å². The number of aryl methyl sites for hydroxylation is 1. The maximum Gasteiger partial charge on any atom is 0.341 e. The highest BCUT2D eigenvalue weighted by molar-refractivity contribution is 5.90. The Hall–Kier alpha value is -2.18. The van der Waals surface area contributed by atoms with E-state index in [-0.39, 0.29) is 5.97 Å². The van der Waals surface area contributed by atoms with E-state index in [1.807, 2.05) is 0 Å². The summed E-state index contributed by atoms with van der Waals surface area (Å²) in [4.78, 5) is 31.0. The molecule has 0 aliphatic carbocycles. The van der Waals surface area contributed by atoms with Crippen molar-refractivity contribution in [3.63, 3.8) is 0 Å². The van der Waals surface area contributed by atoms with E-state index in [1.165, 1.54) is 6.20 Å². The van der Waals surface area contributed by atoms with Gasteiger partial charge in [0.2, 0.25) is 5.95 Å². The highest BCUT2D eigenvalue weighted by atomic mass is 16.5. The van der Waals surface area contributed by atoms with E-state index in [0.717, 1.165) is 0 Å². The summed E-state index contributed by atoms with van der Waals surface area (Å²) < 4.78 is 9.73. The maximum atomic E-state index is 11.6. The van der Waals surface area contributed by atoms with Gasteiger partial charge in [0, 0.05) is 19.2 Å². The van der Waals surface area contributed by atoms with Gasteiger partial charge in [0.1, 0.15) is 0 Å². The van der Waals surface area contributed by atoms with Crippen LogP contribution in [0.3, 0.4) is 0 Å². The SMILES string of the molecule is CCOC(=O)CCCNc1ncc(C(=O)OCC)c(C)n1. The third-order valence-corrected chi connectivity index (χ3v) is 2.62. The minimum absolute atomic E-state index is 0.214. The number of hydrogen-bond donors (Lipinski definition) is 1. The van der Waals surface area contributed by atoms with Gasteiger partial charge in [0.05, 0.1) is 24.5 Å². The van der Waals surface area contributed by atoms with Crippen LogP contribution in [0.25, 0.3) is 0 Å². The summed E-state index contributed by atoms with van der Waals surface area (Å²) in [6.07, 6.45) is 2.41. The first-order valence-corrected chi connectivity index (χ1v) is 6.98. The highest BCUT2D eigenvalue weighted by Gasteiger charge is 2.12. The Labute approximate surface area is 124 Å². The molecule has 0 aromatic carbocycles. The molecule has 7 nitrogen and oxygen atoms in total. The Bertz CT molecular complexity index is 491. The molecular formula is C14H21N3O4. The summed E-state index contributed by atoms with van der Waals surface area (Å²) >= 11 is 0. The molecule has 116 valence electrons. The van der Waals surface area contributed by atoms with Gasteiger partial charge in [0.15, 0.2) is 0 Å². The van der Waals surface area contributed by atoms with Crippen molar-refractivity contribution < 1.29 is 19.1 Å². The van der Waals surface area contributed by atoms with E-state index in [9.17, 15) is 9.59 Å². The molecule has 0 atom stereocenters. The van der Waals surface area contributed by atoms with Crippen molar-refractivity contribution in [3.8, 4) is 0 Å². The average molecular weight is 295 g/mol. The predicted molar refractivity (Wildman–Crippen MR) is 77.1 cm³/mol. The number of nitrogens with one attached hydrogen (secondary N) is 1. The van der Waals surface area contributed by atoms with Crippen LogP contribution in [-0.4, -0.2) is 41.7 Å². The van der Waals surface area contributed by atoms with Crippen LogP contribution in [0.2, 0.25) is 0 Å². The molecule has 0 fully saturated rings. The van der Waals surface area contributed by atoms with E-state index in [4.69, 9.17) is 9.47 Å². The summed E-state index contributed by atoms with van der Waals surface area (Å²) in [7, 11) is 0. The van der Waals surface area contributed by atoms with Gasteiger partial charge in [-0.15, -0.1) is 0 Å². The van der Waals surface area contributed by atoms with Crippen molar-refractivity contribution in [1.82, 2.24) is 9.97 Å². The Morgan fingerprint density at radius 3 is 2.57 bits per heavy atom. The third kappa shape index (κ3) is 5.76. The van der Waals surface area contributed by atoms with Crippen molar-refractivity contribution in [3.05, 3.63) is 17.5 Å². The zero-order valence-corrected chi connectivity index (χ0v) is 12.6. The number of aromatic nitrogens is 2. The molecule has 0 unspecified atom stereocenters. The molecule has 0 aliphatic rings. The van der Waals surface area contributed by atoms with Gasteiger partial charge in [0.25, 0.3) is 0 Å². The van der Waals surface area contributed by atoms with Crippen molar-refractivity contribution in [2.24, 2.45) is 0 Å². The lowest BCUT2D eigenvalue weighted by Crippen LogP contribution is -2.13. The molecule has 1 rings (SSSR count). The van der Waals surface area contributed by atoms with E-state index in [2.05, 4.69) is 15.3 Å². The van der Waals surface area contributed by atoms with Crippen LogP contribution in [0.4, 0.5) is 5.95 Å². The summed E-state index contributed by atoms with van der Waals surface area (Å²) in [5, 5.41) is 3.00.